The van der Waals surface area contributed by atoms with Crippen LogP contribution in [0.4, 0.5) is 10.5 Å². The summed E-state index contributed by atoms with van der Waals surface area (Å²) >= 11 is 1.30. The molecular formula is C28H32N6O3S. The van der Waals surface area contributed by atoms with Gasteiger partial charge in [0.25, 0.3) is 5.91 Å². The van der Waals surface area contributed by atoms with Crippen LogP contribution in [0, 0.1) is 6.92 Å². The predicted octanol–water partition coefficient (Wildman–Crippen LogP) is 5.43. The average Bonchev–Trinajstić information content (AvgIpc) is 3.23. The van der Waals surface area contributed by atoms with Gasteiger partial charge in [0, 0.05) is 36.8 Å². The summed E-state index contributed by atoms with van der Waals surface area (Å²) in [7, 11) is 1.72. The second-order valence-corrected chi connectivity index (χ2v) is 10.9. The van der Waals surface area contributed by atoms with Crippen LogP contribution in [0.25, 0.3) is 11.0 Å². The first-order chi connectivity index (χ1) is 18.1. The number of fused-ring (bicyclic) bond motifs is 1. The van der Waals surface area contributed by atoms with E-state index in [2.05, 4.69) is 24.6 Å². The van der Waals surface area contributed by atoms with E-state index in [1.807, 2.05) is 64.1 Å². The minimum absolute atomic E-state index is 0.228. The number of amides is 2. The van der Waals surface area contributed by atoms with E-state index in [0.29, 0.717) is 36.3 Å². The number of carbonyl (C=O) groups is 2. The van der Waals surface area contributed by atoms with Gasteiger partial charge in [-0.05, 0) is 76.3 Å². The lowest BCUT2D eigenvalue weighted by Crippen LogP contribution is -2.34. The van der Waals surface area contributed by atoms with Crippen LogP contribution in [-0.2, 0) is 17.6 Å². The zero-order valence-electron chi connectivity index (χ0n) is 22.3. The van der Waals surface area contributed by atoms with E-state index in [4.69, 9.17) is 4.74 Å². The second-order valence-electron chi connectivity index (χ2n) is 10.1. The number of ether oxygens (including phenoxy) is 1. The number of nitrogens with zero attached hydrogens (tertiary/aromatic N) is 5. The number of anilines is 1. The quantitative estimate of drug-likeness (QED) is 0.322. The lowest BCUT2D eigenvalue weighted by molar-refractivity contribution is 0.0297. The van der Waals surface area contributed by atoms with Gasteiger partial charge in [-0.25, -0.2) is 9.78 Å². The van der Waals surface area contributed by atoms with Crippen LogP contribution < -0.4 is 5.32 Å². The largest absolute Gasteiger partial charge is 0.444 e. The molecule has 10 heteroatoms. The molecule has 1 N–H and O–H groups in total. The third kappa shape index (κ3) is 7.10. The Bertz CT molecular complexity index is 1430. The molecule has 1 aromatic carbocycles. The van der Waals surface area contributed by atoms with Crippen molar-refractivity contribution in [1.82, 2.24) is 24.2 Å². The fraction of sp³-hybridized carbons (Fsp3) is 0.357. The lowest BCUT2D eigenvalue weighted by Gasteiger charge is -2.24. The Kier molecular flexibility index (Phi) is 8.31. The van der Waals surface area contributed by atoms with Gasteiger partial charge >= 0.3 is 6.09 Å². The number of rotatable bonds is 8. The van der Waals surface area contributed by atoms with Crippen LogP contribution in [0.5, 0.6) is 0 Å². The standard InChI is InChI=1S/C28H32N6O3S/c1-18-25(24(38-33-18)15-21-17-30-22-10-6-7-11-23(22)31-21)26(35)32-20-13-12-19(29-16-20)9-8-14-34(5)27(36)37-28(2,3)4/h6-7,10-13,16-17H,8-9,14-15H2,1-5H3,(H,32,35). The van der Waals surface area contributed by atoms with Gasteiger partial charge in [0.2, 0.25) is 0 Å². The molecule has 0 bridgehead atoms. The third-order valence-corrected chi connectivity index (χ3v) is 6.65. The van der Waals surface area contributed by atoms with Gasteiger partial charge in [-0.15, -0.1) is 0 Å². The predicted molar refractivity (Wildman–Crippen MR) is 149 cm³/mol. The highest BCUT2D eigenvalue weighted by Crippen LogP contribution is 2.23. The molecule has 4 aromatic rings. The summed E-state index contributed by atoms with van der Waals surface area (Å²) < 4.78 is 9.79. The third-order valence-electron chi connectivity index (χ3n) is 5.71. The Morgan fingerprint density at radius 3 is 2.50 bits per heavy atom. The van der Waals surface area contributed by atoms with Crippen LogP contribution in [0.3, 0.4) is 0 Å². The number of pyridine rings is 1. The molecule has 0 spiro atoms. The van der Waals surface area contributed by atoms with Crippen molar-refractivity contribution < 1.29 is 14.3 Å². The summed E-state index contributed by atoms with van der Waals surface area (Å²) in [6, 6.07) is 11.4. The smallest absolute Gasteiger partial charge is 0.410 e. The maximum Gasteiger partial charge on any atom is 0.410 e. The molecular weight excluding hydrogens is 500 g/mol. The fourth-order valence-corrected chi connectivity index (χ4v) is 4.72. The van der Waals surface area contributed by atoms with Crippen molar-refractivity contribution in [1.29, 1.82) is 0 Å². The lowest BCUT2D eigenvalue weighted by atomic mass is 10.1. The molecule has 0 aliphatic heterocycles. The van der Waals surface area contributed by atoms with Gasteiger partial charge in [-0.1, -0.05) is 12.1 Å². The van der Waals surface area contributed by atoms with Crippen molar-refractivity contribution in [2.75, 3.05) is 18.9 Å². The van der Waals surface area contributed by atoms with Crippen molar-refractivity contribution >= 4 is 40.3 Å². The van der Waals surface area contributed by atoms with E-state index in [0.717, 1.165) is 33.7 Å². The number of carbonyl (C=O) groups excluding carboxylic acids is 2. The molecule has 38 heavy (non-hydrogen) atoms. The maximum absolute atomic E-state index is 13.2. The fourth-order valence-electron chi connectivity index (χ4n) is 3.84. The minimum Gasteiger partial charge on any atom is -0.444 e. The Labute approximate surface area is 226 Å². The van der Waals surface area contributed by atoms with Crippen molar-refractivity contribution in [3.05, 3.63) is 76.3 Å². The molecule has 0 radical (unpaired) electrons. The molecule has 0 aliphatic carbocycles. The van der Waals surface area contributed by atoms with E-state index in [-0.39, 0.29) is 12.0 Å². The maximum atomic E-state index is 13.2. The van der Waals surface area contributed by atoms with Crippen LogP contribution in [-0.4, -0.2) is 55.4 Å². The zero-order chi connectivity index (χ0) is 27.3. The summed E-state index contributed by atoms with van der Waals surface area (Å²) in [4.78, 5) is 41.3. The zero-order valence-corrected chi connectivity index (χ0v) is 23.1. The van der Waals surface area contributed by atoms with E-state index in [1.165, 1.54) is 11.5 Å². The SMILES string of the molecule is Cc1nsc(Cc2cnc3ccccc3n2)c1C(=O)Nc1ccc(CCCN(C)C(=O)OC(C)(C)C)nc1. The first-order valence-electron chi connectivity index (χ1n) is 12.5. The summed E-state index contributed by atoms with van der Waals surface area (Å²) in [6.07, 6.45) is 4.97. The number of hydrogen-bond acceptors (Lipinski definition) is 8. The molecule has 9 nitrogen and oxygen atoms in total. The first kappa shape index (κ1) is 27.1. The monoisotopic (exact) mass is 532 g/mol. The highest BCUT2D eigenvalue weighted by Gasteiger charge is 2.21. The van der Waals surface area contributed by atoms with Gasteiger partial charge in [0.05, 0.1) is 39.9 Å². The van der Waals surface area contributed by atoms with Crippen molar-refractivity contribution in [3.63, 3.8) is 0 Å². The number of aromatic nitrogens is 4. The van der Waals surface area contributed by atoms with Crippen LogP contribution in [0.2, 0.25) is 0 Å². The number of hydrogen-bond donors (Lipinski definition) is 1. The van der Waals surface area contributed by atoms with Crippen LogP contribution >= 0.6 is 11.5 Å². The highest BCUT2D eigenvalue weighted by molar-refractivity contribution is 7.06. The summed E-state index contributed by atoms with van der Waals surface area (Å²) in [5.41, 5.74) is 4.63. The van der Waals surface area contributed by atoms with Gasteiger partial charge in [0.15, 0.2) is 0 Å². The van der Waals surface area contributed by atoms with Gasteiger partial charge < -0.3 is 15.0 Å². The van der Waals surface area contributed by atoms with Gasteiger partial charge in [-0.2, -0.15) is 4.37 Å². The summed E-state index contributed by atoms with van der Waals surface area (Å²) in [5, 5.41) is 2.94. The number of para-hydroxylation sites is 2. The summed E-state index contributed by atoms with van der Waals surface area (Å²) in [6.45, 7) is 7.93. The van der Waals surface area contributed by atoms with Crippen LogP contribution in [0.15, 0.2) is 48.8 Å². The average molecular weight is 533 g/mol. The van der Waals surface area contributed by atoms with Crippen molar-refractivity contribution in [3.8, 4) is 0 Å². The number of benzene rings is 1. The molecule has 4 rings (SSSR count). The second kappa shape index (κ2) is 11.6. The van der Waals surface area contributed by atoms with E-state index < -0.39 is 5.60 Å². The van der Waals surface area contributed by atoms with Gasteiger partial charge in [-0.3, -0.25) is 14.8 Å². The molecule has 0 aliphatic rings. The molecule has 3 aromatic heterocycles. The minimum atomic E-state index is -0.518. The van der Waals surface area contributed by atoms with Gasteiger partial charge in [0.1, 0.15) is 5.60 Å². The molecule has 0 saturated carbocycles. The topological polar surface area (TPSA) is 110 Å². The Balaban J connectivity index is 1.34. The highest BCUT2D eigenvalue weighted by atomic mass is 32.1. The normalized spacial score (nSPS) is 11.4. The molecule has 0 saturated heterocycles. The van der Waals surface area contributed by atoms with E-state index in [9.17, 15) is 9.59 Å². The molecule has 198 valence electrons. The Morgan fingerprint density at radius 2 is 1.79 bits per heavy atom. The van der Waals surface area contributed by atoms with E-state index >= 15 is 0 Å². The van der Waals surface area contributed by atoms with Crippen molar-refractivity contribution in [2.45, 2.75) is 52.6 Å². The molecule has 3 heterocycles. The first-order valence-corrected chi connectivity index (χ1v) is 13.2. The molecule has 0 unspecified atom stereocenters. The number of aryl methyl sites for hydroxylation is 2. The molecule has 0 fully saturated rings. The molecule has 2 amide bonds. The Morgan fingerprint density at radius 1 is 1.03 bits per heavy atom. The van der Waals surface area contributed by atoms with Crippen LogP contribution in [0.1, 0.15) is 59.5 Å². The van der Waals surface area contributed by atoms with Crippen molar-refractivity contribution in [2.24, 2.45) is 0 Å². The molecule has 0 atom stereocenters. The Hall–Kier alpha value is -3.92. The van der Waals surface area contributed by atoms with E-state index in [1.54, 1.807) is 24.3 Å². The summed E-state index contributed by atoms with van der Waals surface area (Å²) in [5.74, 6) is -0.228. The number of nitrogens with one attached hydrogen (secondary N) is 1.